The highest BCUT2D eigenvalue weighted by Gasteiger charge is 2.68. The van der Waals surface area contributed by atoms with Gasteiger partial charge in [0.05, 0.1) is 11.7 Å². The monoisotopic (exact) mass is 344 g/mol. The van der Waals surface area contributed by atoms with Gasteiger partial charge >= 0.3 is 7.12 Å². The van der Waals surface area contributed by atoms with Gasteiger partial charge in [-0.05, 0) is 94.2 Å². The Labute approximate surface area is 154 Å². The third-order valence-electron chi connectivity index (χ3n) is 10.2. The van der Waals surface area contributed by atoms with E-state index in [1.165, 1.54) is 64.2 Å². The third kappa shape index (κ3) is 2.06. The van der Waals surface area contributed by atoms with Crippen LogP contribution in [0.1, 0.15) is 85.0 Å². The predicted octanol–water partition coefficient (Wildman–Crippen LogP) is 5.71. The molecule has 25 heavy (non-hydrogen) atoms. The van der Waals surface area contributed by atoms with Crippen molar-refractivity contribution in [2.75, 3.05) is 0 Å². The van der Waals surface area contributed by atoms with Gasteiger partial charge in [-0.25, -0.2) is 0 Å². The molecule has 4 saturated carbocycles. The molecule has 140 valence electrons. The summed E-state index contributed by atoms with van der Waals surface area (Å²) in [5.41, 5.74) is 0.965. The molecule has 4 aliphatic carbocycles. The highest BCUT2D eigenvalue weighted by atomic mass is 16.7. The summed E-state index contributed by atoms with van der Waals surface area (Å²) < 4.78 is 12.7. The highest BCUT2D eigenvalue weighted by molar-refractivity contribution is 6.43. The van der Waals surface area contributed by atoms with Gasteiger partial charge in [0.15, 0.2) is 0 Å². The molecule has 3 unspecified atom stereocenters. The fourth-order valence-electron chi connectivity index (χ4n) is 9.01. The van der Waals surface area contributed by atoms with E-state index in [2.05, 4.69) is 27.6 Å². The summed E-state index contributed by atoms with van der Waals surface area (Å²) in [6, 6.07) is 0. The Hall–Kier alpha value is -0.0151. The van der Waals surface area contributed by atoms with Crippen LogP contribution in [0, 0.1) is 34.5 Å². The van der Waals surface area contributed by atoms with Gasteiger partial charge in [-0.2, -0.15) is 0 Å². The number of hydrogen-bond donors (Lipinski definition) is 0. The first-order chi connectivity index (χ1) is 11.9. The zero-order valence-electron chi connectivity index (χ0n) is 16.9. The average Bonchev–Trinajstić information content (AvgIpc) is 3.04. The van der Waals surface area contributed by atoms with Crippen molar-refractivity contribution < 1.29 is 9.31 Å². The number of rotatable bonds is 0. The fourth-order valence-corrected chi connectivity index (χ4v) is 9.01. The molecule has 0 amide bonds. The maximum atomic E-state index is 6.58. The van der Waals surface area contributed by atoms with Crippen molar-refractivity contribution in [3.8, 4) is 0 Å². The van der Waals surface area contributed by atoms with E-state index in [9.17, 15) is 0 Å². The molecule has 5 fully saturated rings. The maximum Gasteiger partial charge on any atom is 0.454 e. The molecule has 5 aliphatic rings. The minimum atomic E-state index is -0.0186. The Morgan fingerprint density at radius 1 is 0.880 bits per heavy atom. The molecule has 0 aromatic rings. The summed E-state index contributed by atoms with van der Waals surface area (Å²) >= 11 is 0. The molecule has 0 radical (unpaired) electrons. The zero-order valence-corrected chi connectivity index (χ0v) is 16.9. The third-order valence-corrected chi connectivity index (χ3v) is 10.2. The molecule has 0 aromatic heterocycles. The quantitative estimate of drug-likeness (QED) is 0.524. The Balaban J connectivity index is 1.47. The second-order valence-electron chi connectivity index (χ2n) is 10.8. The molecule has 0 N–H and O–H groups in total. The van der Waals surface area contributed by atoms with Crippen molar-refractivity contribution in [2.45, 2.75) is 104 Å². The SMILES string of the molecule is CB1O[C@@H](C)[C@]2(CCC3C4CC[C@H]5CCCC[C@]5(C)C4CC[C@@]32C)O1. The number of hydrogen-bond acceptors (Lipinski definition) is 2. The molecule has 1 heterocycles. The van der Waals surface area contributed by atoms with E-state index >= 15 is 0 Å². The van der Waals surface area contributed by atoms with E-state index in [1.807, 2.05) is 0 Å². The molecule has 8 atom stereocenters. The molecule has 2 nitrogen and oxygen atoms in total. The van der Waals surface area contributed by atoms with E-state index in [-0.39, 0.29) is 18.8 Å². The lowest BCUT2D eigenvalue weighted by molar-refractivity contribution is -0.148. The first kappa shape index (κ1) is 17.1. The van der Waals surface area contributed by atoms with E-state index in [4.69, 9.17) is 9.31 Å². The van der Waals surface area contributed by atoms with Crippen LogP contribution in [-0.4, -0.2) is 18.8 Å². The van der Waals surface area contributed by atoms with Crippen LogP contribution in [0.2, 0.25) is 6.82 Å². The first-order valence-corrected chi connectivity index (χ1v) is 11.2. The van der Waals surface area contributed by atoms with Gasteiger partial charge in [0.25, 0.3) is 0 Å². The smallest absolute Gasteiger partial charge is 0.406 e. The standard InChI is InChI=1S/C22H37BO2/c1-15-22(25-23(4)24-15)14-11-19-17-9-8-16-7-5-6-12-20(16,2)18(17)10-13-21(19,22)3/h15-19H,5-14H2,1-4H3/t15-,16+,17?,18?,19?,20-,21-,22-/m0/s1. The van der Waals surface area contributed by atoms with Crippen LogP contribution in [0.3, 0.4) is 0 Å². The second-order valence-corrected chi connectivity index (χ2v) is 10.8. The predicted molar refractivity (Wildman–Crippen MR) is 102 cm³/mol. The van der Waals surface area contributed by atoms with Crippen molar-refractivity contribution in [1.82, 2.24) is 0 Å². The van der Waals surface area contributed by atoms with E-state index < -0.39 is 0 Å². The van der Waals surface area contributed by atoms with Crippen LogP contribution in [0.25, 0.3) is 0 Å². The summed E-state index contributed by atoms with van der Waals surface area (Å²) in [7, 11) is -0.0186. The van der Waals surface area contributed by atoms with Gasteiger partial charge in [-0.15, -0.1) is 0 Å². The molecular formula is C22H37BO2. The normalized spacial score (nSPS) is 58.1. The van der Waals surface area contributed by atoms with Gasteiger partial charge in [0.2, 0.25) is 0 Å². The molecule has 0 bridgehead atoms. The summed E-state index contributed by atoms with van der Waals surface area (Å²) in [5, 5.41) is 0. The number of fused-ring (bicyclic) bond motifs is 6. The lowest BCUT2D eigenvalue weighted by Gasteiger charge is -2.61. The topological polar surface area (TPSA) is 18.5 Å². The van der Waals surface area contributed by atoms with Crippen molar-refractivity contribution >= 4 is 7.12 Å². The summed E-state index contributed by atoms with van der Waals surface area (Å²) in [5.74, 6) is 3.81. The van der Waals surface area contributed by atoms with Crippen molar-refractivity contribution in [2.24, 2.45) is 34.5 Å². The van der Waals surface area contributed by atoms with Crippen molar-refractivity contribution in [1.29, 1.82) is 0 Å². The Kier molecular flexibility index (Phi) is 3.77. The van der Waals surface area contributed by atoms with E-state index in [1.54, 1.807) is 0 Å². The molecule has 3 heteroatoms. The summed E-state index contributed by atoms with van der Waals surface area (Å²) in [6.07, 6.45) is 14.6. The molecule has 5 rings (SSSR count). The Morgan fingerprint density at radius 2 is 1.68 bits per heavy atom. The summed E-state index contributed by atoms with van der Waals surface area (Å²) in [6.45, 7) is 9.64. The highest BCUT2D eigenvalue weighted by Crippen LogP contribution is 2.70. The molecule has 1 aliphatic heterocycles. The zero-order chi connectivity index (χ0) is 17.4. The Bertz CT molecular complexity index is 552. The molecule has 1 spiro atoms. The van der Waals surface area contributed by atoms with Gasteiger partial charge in [-0.3, -0.25) is 0 Å². The fraction of sp³-hybridized carbons (Fsp3) is 1.00. The van der Waals surface area contributed by atoms with Crippen LogP contribution in [0.15, 0.2) is 0 Å². The lowest BCUT2D eigenvalue weighted by atomic mass is 9.44. The van der Waals surface area contributed by atoms with Crippen LogP contribution in [0.5, 0.6) is 0 Å². The van der Waals surface area contributed by atoms with Crippen molar-refractivity contribution in [3.05, 3.63) is 0 Å². The largest absolute Gasteiger partial charge is 0.454 e. The average molecular weight is 344 g/mol. The van der Waals surface area contributed by atoms with Gasteiger partial charge in [-0.1, -0.05) is 26.7 Å². The molecule has 1 saturated heterocycles. The van der Waals surface area contributed by atoms with Crippen LogP contribution in [0.4, 0.5) is 0 Å². The maximum absolute atomic E-state index is 6.58. The molecular weight excluding hydrogens is 307 g/mol. The summed E-state index contributed by atoms with van der Waals surface area (Å²) in [4.78, 5) is 0. The van der Waals surface area contributed by atoms with Crippen molar-refractivity contribution in [3.63, 3.8) is 0 Å². The second kappa shape index (κ2) is 5.50. The van der Waals surface area contributed by atoms with E-state index in [0.717, 1.165) is 23.7 Å². The minimum Gasteiger partial charge on any atom is -0.406 e. The first-order valence-electron chi connectivity index (χ1n) is 11.2. The Morgan fingerprint density at radius 3 is 2.44 bits per heavy atom. The van der Waals surface area contributed by atoms with Crippen LogP contribution < -0.4 is 0 Å². The van der Waals surface area contributed by atoms with Gasteiger partial charge in [0, 0.05) is 5.41 Å². The van der Waals surface area contributed by atoms with E-state index in [0.29, 0.717) is 10.8 Å². The van der Waals surface area contributed by atoms with Crippen LogP contribution >= 0.6 is 0 Å². The lowest BCUT2D eigenvalue weighted by Crippen LogP contribution is -2.58. The van der Waals surface area contributed by atoms with Crippen LogP contribution in [-0.2, 0) is 9.31 Å². The molecule has 0 aromatic carbocycles. The minimum absolute atomic E-state index is 0.00757. The van der Waals surface area contributed by atoms with Gasteiger partial charge in [0.1, 0.15) is 0 Å². The van der Waals surface area contributed by atoms with Gasteiger partial charge < -0.3 is 9.31 Å².